The van der Waals surface area contributed by atoms with Gasteiger partial charge in [-0.05, 0) is 18.6 Å². The molecule has 2 heteroatoms. The van der Waals surface area contributed by atoms with Crippen LogP contribution in [0.1, 0.15) is 21.5 Å². The van der Waals surface area contributed by atoms with E-state index in [1.807, 2.05) is 55.5 Å². The first-order valence-corrected chi connectivity index (χ1v) is 5.94. The molecule has 88 valence electrons. The Morgan fingerprint density at radius 3 is 2.56 bits per heavy atom. The summed E-state index contributed by atoms with van der Waals surface area (Å²) in [4.78, 5) is 15.6. The summed E-state index contributed by atoms with van der Waals surface area (Å²) in [6.07, 6.45) is 1.80. The second-order valence-corrected chi connectivity index (χ2v) is 4.39. The van der Waals surface area contributed by atoms with Crippen molar-refractivity contribution < 1.29 is 4.79 Å². The normalized spacial score (nSPS) is 10.7. The van der Waals surface area contributed by atoms with Crippen LogP contribution < -0.4 is 0 Å². The fourth-order valence-electron chi connectivity index (χ4n) is 2.29. The lowest BCUT2D eigenvalue weighted by atomic mass is 10.0. The molecule has 3 aromatic rings. The fourth-order valence-corrected chi connectivity index (χ4v) is 2.29. The number of hydrogen-bond donors (Lipinski definition) is 1. The minimum Gasteiger partial charge on any atom is -0.360 e. The van der Waals surface area contributed by atoms with Crippen molar-refractivity contribution in [2.45, 2.75) is 6.92 Å². The molecule has 1 N–H and O–H groups in total. The van der Waals surface area contributed by atoms with Crippen LogP contribution in [0.25, 0.3) is 10.9 Å². The predicted octanol–water partition coefficient (Wildman–Crippen LogP) is 3.71. The molecule has 18 heavy (non-hydrogen) atoms. The summed E-state index contributed by atoms with van der Waals surface area (Å²) < 4.78 is 0. The van der Waals surface area contributed by atoms with E-state index in [9.17, 15) is 4.79 Å². The van der Waals surface area contributed by atoms with Gasteiger partial charge in [-0.3, -0.25) is 4.79 Å². The maximum absolute atomic E-state index is 12.5. The summed E-state index contributed by atoms with van der Waals surface area (Å²) in [6, 6.07) is 15.4. The van der Waals surface area contributed by atoms with E-state index in [2.05, 4.69) is 4.98 Å². The quantitative estimate of drug-likeness (QED) is 0.675. The molecule has 0 aliphatic rings. The topological polar surface area (TPSA) is 32.9 Å². The van der Waals surface area contributed by atoms with E-state index in [0.717, 1.165) is 27.6 Å². The van der Waals surface area contributed by atoms with Gasteiger partial charge >= 0.3 is 0 Å². The van der Waals surface area contributed by atoms with E-state index >= 15 is 0 Å². The number of aromatic nitrogens is 1. The number of ketones is 1. The lowest BCUT2D eigenvalue weighted by molar-refractivity contribution is 0.104. The fraction of sp³-hybridized carbons (Fsp3) is 0.0625. The maximum Gasteiger partial charge on any atom is 0.195 e. The molecule has 0 spiro atoms. The molecule has 2 aromatic carbocycles. The summed E-state index contributed by atoms with van der Waals surface area (Å²) in [5.74, 6) is 0.0659. The number of aryl methyl sites for hydroxylation is 1. The van der Waals surface area contributed by atoms with Crippen molar-refractivity contribution >= 4 is 16.7 Å². The molecule has 0 bridgehead atoms. The van der Waals surface area contributed by atoms with Crippen molar-refractivity contribution in [3.63, 3.8) is 0 Å². The van der Waals surface area contributed by atoms with Crippen LogP contribution in [0.3, 0.4) is 0 Å². The molecule has 0 aliphatic carbocycles. The van der Waals surface area contributed by atoms with E-state index in [0.29, 0.717) is 0 Å². The molecule has 0 saturated carbocycles. The van der Waals surface area contributed by atoms with Gasteiger partial charge in [-0.2, -0.15) is 0 Å². The number of rotatable bonds is 2. The van der Waals surface area contributed by atoms with Crippen molar-refractivity contribution in [2.24, 2.45) is 0 Å². The summed E-state index contributed by atoms with van der Waals surface area (Å²) >= 11 is 0. The number of H-pyrrole nitrogens is 1. The first-order valence-electron chi connectivity index (χ1n) is 5.94. The zero-order valence-corrected chi connectivity index (χ0v) is 10.1. The van der Waals surface area contributed by atoms with E-state index in [1.165, 1.54) is 0 Å². The Kier molecular flexibility index (Phi) is 2.49. The number of benzene rings is 2. The zero-order valence-electron chi connectivity index (χ0n) is 10.1. The second kappa shape index (κ2) is 4.15. The van der Waals surface area contributed by atoms with Crippen LogP contribution in [0, 0.1) is 6.92 Å². The molecule has 0 fully saturated rings. The molecular weight excluding hydrogens is 222 g/mol. The highest BCUT2D eigenvalue weighted by Crippen LogP contribution is 2.24. The van der Waals surface area contributed by atoms with Crippen LogP contribution in [0.5, 0.6) is 0 Å². The van der Waals surface area contributed by atoms with Crippen molar-refractivity contribution in [3.8, 4) is 0 Å². The Morgan fingerprint density at radius 2 is 1.78 bits per heavy atom. The van der Waals surface area contributed by atoms with Gasteiger partial charge in [0.2, 0.25) is 0 Å². The number of fused-ring (bicyclic) bond motifs is 1. The van der Waals surface area contributed by atoms with Gasteiger partial charge in [0.05, 0.1) is 0 Å². The van der Waals surface area contributed by atoms with Crippen molar-refractivity contribution in [2.75, 3.05) is 0 Å². The molecule has 3 rings (SSSR count). The van der Waals surface area contributed by atoms with E-state index in [-0.39, 0.29) is 5.78 Å². The molecule has 0 saturated heterocycles. The molecule has 1 heterocycles. The summed E-state index contributed by atoms with van der Waals surface area (Å²) in [6.45, 7) is 2.03. The van der Waals surface area contributed by atoms with Crippen LogP contribution in [-0.2, 0) is 0 Å². The second-order valence-electron chi connectivity index (χ2n) is 4.39. The summed E-state index contributed by atoms with van der Waals surface area (Å²) in [5.41, 5.74) is 3.60. The number of carbonyl (C=O) groups excluding carboxylic acids is 1. The first-order chi connectivity index (χ1) is 8.77. The number of aromatic amines is 1. The minimum atomic E-state index is 0.0659. The lowest BCUT2D eigenvalue weighted by Crippen LogP contribution is -2.00. The number of nitrogens with one attached hydrogen (secondary N) is 1. The molecule has 0 unspecified atom stereocenters. The molecule has 1 aromatic heterocycles. The Balaban J connectivity index is 2.19. The highest BCUT2D eigenvalue weighted by molar-refractivity contribution is 6.16. The maximum atomic E-state index is 12.5. The summed E-state index contributed by atoms with van der Waals surface area (Å²) in [7, 11) is 0. The molecule has 0 aliphatic heterocycles. The van der Waals surface area contributed by atoms with Gasteiger partial charge < -0.3 is 4.98 Å². The number of carbonyl (C=O) groups is 1. The Morgan fingerprint density at radius 1 is 1.00 bits per heavy atom. The first kappa shape index (κ1) is 10.8. The van der Waals surface area contributed by atoms with Gasteiger partial charge in [-0.15, -0.1) is 0 Å². The van der Waals surface area contributed by atoms with Gasteiger partial charge in [0.1, 0.15) is 0 Å². The van der Waals surface area contributed by atoms with Gasteiger partial charge in [-0.25, -0.2) is 0 Å². The average molecular weight is 235 g/mol. The van der Waals surface area contributed by atoms with Crippen LogP contribution in [0.2, 0.25) is 0 Å². The van der Waals surface area contributed by atoms with E-state index in [4.69, 9.17) is 0 Å². The minimum absolute atomic E-state index is 0.0659. The van der Waals surface area contributed by atoms with Crippen LogP contribution in [0.15, 0.2) is 54.7 Å². The third kappa shape index (κ3) is 1.63. The third-order valence-electron chi connectivity index (χ3n) is 3.19. The van der Waals surface area contributed by atoms with Gasteiger partial charge in [0.25, 0.3) is 0 Å². The van der Waals surface area contributed by atoms with Crippen molar-refractivity contribution in [1.82, 2.24) is 4.98 Å². The highest BCUT2D eigenvalue weighted by Gasteiger charge is 2.14. The largest absolute Gasteiger partial charge is 0.360 e. The Hall–Kier alpha value is -2.35. The third-order valence-corrected chi connectivity index (χ3v) is 3.19. The SMILES string of the molecule is Cc1cccc2[nH]cc(C(=O)c3ccccc3)c12. The van der Waals surface area contributed by atoms with Crippen LogP contribution >= 0.6 is 0 Å². The summed E-state index contributed by atoms with van der Waals surface area (Å²) in [5, 5.41) is 1.02. The predicted molar refractivity (Wildman–Crippen MR) is 72.9 cm³/mol. The molecular formula is C16H13NO. The van der Waals surface area contributed by atoms with Gasteiger partial charge in [0, 0.05) is 28.2 Å². The van der Waals surface area contributed by atoms with Crippen LogP contribution in [0.4, 0.5) is 0 Å². The number of hydrogen-bond acceptors (Lipinski definition) is 1. The van der Waals surface area contributed by atoms with Gasteiger partial charge in [-0.1, -0.05) is 42.5 Å². The van der Waals surface area contributed by atoms with Crippen molar-refractivity contribution in [1.29, 1.82) is 0 Å². The average Bonchev–Trinajstić information content (AvgIpc) is 2.84. The molecule has 0 radical (unpaired) electrons. The van der Waals surface area contributed by atoms with E-state index < -0.39 is 0 Å². The van der Waals surface area contributed by atoms with E-state index in [1.54, 1.807) is 6.20 Å². The lowest BCUT2D eigenvalue weighted by Gasteiger charge is -2.01. The standard InChI is InChI=1S/C16H13NO/c1-11-6-5-9-14-15(11)13(10-17-14)16(18)12-7-3-2-4-8-12/h2-10,17H,1H3. The monoisotopic (exact) mass is 235 g/mol. The Bertz CT molecular complexity index is 710. The zero-order chi connectivity index (χ0) is 12.5. The smallest absolute Gasteiger partial charge is 0.195 e. The highest BCUT2D eigenvalue weighted by atomic mass is 16.1. The molecule has 0 amide bonds. The van der Waals surface area contributed by atoms with Crippen LogP contribution in [-0.4, -0.2) is 10.8 Å². The molecule has 2 nitrogen and oxygen atoms in total. The van der Waals surface area contributed by atoms with Gasteiger partial charge in [0.15, 0.2) is 5.78 Å². The Labute approximate surface area is 105 Å². The molecule has 0 atom stereocenters. The van der Waals surface area contributed by atoms with Crippen molar-refractivity contribution in [3.05, 3.63) is 71.4 Å².